The van der Waals surface area contributed by atoms with Crippen LogP contribution < -0.4 is 11.1 Å². The summed E-state index contributed by atoms with van der Waals surface area (Å²) in [7, 11) is 0. The van der Waals surface area contributed by atoms with Crippen LogP contribution in [0.15, 0.2) is 24.3 Å². The normalized spacial score (nSPS) is 15.3. The van der Waals surface area contributed by atoms with Gasteiger partial charge >= 0.3 is 0 Å². The van der Waals surface area contributed by atoms with Gasteiger partial charge in [0.2, 0.25) is 5.91 Å². The molecule has 1 amide bonds. The highest BCUT2D eigenvalue weighted by Gasteiger charge is 2.20. The first kappa shape index (κ1) is 14.2. The summed E-state index contributed by atoms with van der Waals surface area (Å²) in [4.78, 5) is 18.1. The lowest BCUT2D eigenvalue weighted by Crippen LogP contribution is -2.27. The lowest BCUT2D eigenvalue weighted by Gasteiger charge is -2.11. The second-order valence-corrected chi connectivity index (χ2v) is 6.56. The zero-order valence-electron chi connectivity index (χ0n) is 12.1. The summed E-state index contributed by atoms with van der Waals surface area (Å²) in [6.07, 6.45) is 4.50. The van der Waals surface area contributed by atoms with Gasteiger partial charge in [-0.25, -0.2) is 4.98 Å². The van der Waals surface area contributed by atoms with Crippen LogP contribution in [0.4, 0.5) is 5.13 Å². The number of hydrogen-bond acceptors (Lipinski definition) is 4. The Balaban J connectivity index is 1.70. The van der Waals surface area contributed by atoms with Crippen LogP contribution in [0.5, 0.6) is 0 Å². The molecule has 0 aliphatic heterocycles. The molecule has 0 fully saturated rings. The monoisotopic (exact) mass is 301 g/mol. The Morgan fingerprint density at radius 2 is 2.00 bits per heavy atom. The van der Waals surface area contributed by atoms with E-state index in [1.54, 1.807) is 11.3 Å². The number of aromatic nitrogens is 1. The minimum absolute atomic E-state index is 0.204. The number of carbonyl (C=O) groups excluding carboxylic acids is 1. The molecule has 3 N–H and O–H groups in total. The number of fused-ring (bicyclic) bond motifs is 1. The van der Waals surface area contributed by atoms with Crippen molar-refractivity contribution in [1.29, 1.82) is 0 Å². The van der Waals surface area contributed by atoms with Crippen molar-refractivity contribution in [3.63, 3.8) is 0 Å². The van der Waals surface area contributed by atoms with E-state index in [2.05, 4.69) is 10.3 Å². The van der Waals surface area contributed by atoms with E-state index in [1.165, 1.54) is 17.7 Å². The van der Waals surface area contributed by atoms with E-state index in [0.29, 0.717) is 5.13 Å². The molecule has 1 aromatic heterocycles. The van der Waals surface area contributed by atoms with Crippen LogP contribution in [-0.2, 0) is 17.6 Å². The molecule has 1 heterocycles. The van der Waals surface area contributed by atoms with Gasteiger partial charge in [-0.05, 0) is 38.2 Å². The van der Waals surface area contributed by atoms with Crippen LogP contribution in [0.25, 0.3) is 0 Å². The van der Waals surface area contributed by atoms with E-state index >= 15 is 0 Å². The summed E-state index contributed by atoms with van der Waals surface area (Å²) < 4.78 is 0. The summed E-state index contributed by atoms with van der Waals surface area (Å²) >= 11 is 1.58. The van der Waals surface area contributed by atoms with Gasteiger partial charge in [0, 0.05) is 4.88 Å². The van der Waals surface area contributed by atoms with Gasteiger partial charge in [0.25, 0.3) is 0 Å². The van der Waals surface area contributed by atoms with E-state index in [9.17, 15) is 4.79 Å². The third kappa shape index (κ3) is 3.14. The molecule has 0 bridgehead atoms. The van der Waals surface area contributed by atoms with Crippen LogP contribution in [0.2, 0.25) is 0 Å². The Labute approximate surface area is 128 Å². The molecule has 1 unspecified atom stereocenters. The van der Waals surface area contributed by atoms with Crippen molar-refractivity contribution in [3.8, 4) is 0 Å². The van der Waals surface area contributed by atoms with Crippen LogP contribution >= 0.6 is 11.3 Å². The third-order valence-electron chi connectivity index (χ3n) is 3.79. The van der Waals surface area contributed by atoms with Crippen molar-refractivity contribution in [3.05, 3.63) is 46.0 Å². The number of nitrogens with two attached hydrogens (primary N) is 1. The average molecular weight is 301 g/mol. The number of benzene rings is 1. The Bertz CT molecular complexity index is 625. The first-order valence-corrected chi connectivity index (χ1v) is 8.07. The molecule has 110 valence electrons. The van der Waals surface area contributed by atoms with Crippen LogP contribution in [0.1, 0.15) is 40.6 Å². The van der Waals surface area contributed by atoms with Crippen molar-refractivity contribution < 1.29 is 4.79 Å². The highest BCUT2D eigenvalue weighted by molar-refractivity contribution is 7.15. The first-order chi connectivity index (χ1) is 10.1. The number of carbonyl (C=O) groups is 1. The summed E-state index contributed by atoms with van der Waals surface area (Å²) in [5.74, 6) is -0.204. The topological polar surface area (TPSA) is 68.0 Å². The number of anilines is 1. The van der Waals surface area contributed by atoms with Gasteiger partial charge in [0.05, 0.1) is 5.69 Å². The van der Waals surface area contributed by atoms with Crippen molar-refractivity contribution in [1.82, 2.24) is 4.98 Å². The number of hydrogen-bond donors (Lipinski definition) is 2. The Morgan fingerprint density at radius 1 is 1.29 bits per heavy atom. The molecular weight excluding hydrogens is 282 g/mol. The number of nitrogens with one attached hydrogen (secondary N) is 1. The fraction of sp³-hybridized carbons (Fsp3) is 0.375. The largest absolute Gasteiger partial charge is 0.316 e. The standard InChI is InChI=1S/C16H19N3OS/c1-10-6-8-11(9-7-10)14(17)15(20)19-16-18-12-4-2-3-5-13(12)21-16/h6-9,14H,2-5,17H2,1H3,(H,18,19,20). The summed E-state index contributed by atoms with van der Waals surface area (Å²) in [5.41, 5.74) is 9.14. The van der Waals surface area contributed by atoms with Crippen molar-refractivity contribution >= 4 is 22.4 Å². The molecule has 4 nitrogen and oxygen atoms in total. The smallest absolute Gasteiger partial charge is 0.247 e. The first-order valence-electron chi connectivity index (χ1n) is 7.25. The number of aryl methyl sites for hydroxylation is 3. The van der Waals surface area contributed by atoms with Crippen LogP contribution in [0, 0.1) is 6.92 Å². The molecule has 5 heteroatoms. The second kappa shape index (κ2) is 5.95. The van der Waals surface area contributed by atoms with Gasteiger partial charge < -0.3 is 11.1 Å². The SMILES string of the molecule is Cc1ccc(C(N)C(=O)Nc2nc3c(s2)CCCC3)cc1. The maximum absolute atomic E-state index is 12.2. The summed E-state index contributed by atoms with van der Waals surface area (Å²) in [6.45, 7) is 2.01. The Kier molecular flexibility index (Phi) is 4.03. The zero-order chi connectivity index (χ0) is 14.8. The van der Waals surface area contributed by atoms with E-state index in [4.69, 9.17) is 5.73 Å². The molecule has 3 rings (SSSR count). The van der Waals surface area contributed by atoms with Gasteiger partial charge in [0.15, 0.2) is 5.13 Å². The van der Waals surface area contributed by atoms with Crippen LogP contribution in [0.3, 0.4) is 0 Å². The zero-order valence-corrected chi connectivity index (χ0v) is 12.9. The minimum atomic E-state index is -0.661. The molecule has 0 saturated heterocycles. The highest BCUT2D eigenvalue weighted by atomic mass is 32.1. The number of nitrogens with zero attached hydrogens (tertiary/aromatic N) is 1. The van der Waals surface area contributed by atoms with Gasteiger partial charge in [-0.15, -0.1) is 11.3 Å². The second-order valence-electron chi connectivity index (χ2n) is 5.47. The Morgan fingerprint density at radius 3 is 2.71 bits per heavy atom. The van der Waals surface area contributed by atoms with Gasteiger partial charge in [-0.2, -0.15) is 0 Å². The van der Waals surface area contributed by atoms with Gasteiger partial charge in [-0.3, -0.25) is 4.79 Å². The van der Waals surface area contributed by atoms with Crippen molar-refractivity contribution in [2.75, 3.05) is 5.32 Å². The summed E-state index contributed by atoms with van der Waals surface area (Å²) in [6, 6.07) is 7.06. The molecule has 1 aliphatic carbocycles. The predicted octanol–water partition coefficient (Wildman–Crippen LogP) is 2.97. The molecule has 0 saturated carbocycles. The predicted molar refractivity (Wildman–Crippen MR) is 85.5 cm³/mol. The van der Waals surface area contributed by atoms with Crippen molar-refractivity contribution in [2.45, 2.75) is 38.6 Å². The molecular formula is C16H19N3OS. The van der Waals surface area contributed by atoms with Crippen LogP contribution in [-0.4, -0.2) is 10.9 Å². The quantitative estimate of drug-likeness (QED) is 0.916. The highest BCUT2D eigenvalue weighted by Crippen LogP contribution is 2.29. The maximum atomic E-state index is 12.2. The Hall–Kier alpha value is -1.72. The maximum Gasteiger partial charge on any atom is 0.247 e. The lowest BCUT2D eigenvalue weighted by atomic mass is 10.0. The third-order valence-corrected chi connectivity index (χ3v) is 4.87. The van der Waals surface area contributed by atoms with Gasteiger partial charge in [-0.1, -0.05) is 29.8 Å². The van der Waals surface area contributed by atoms with E-state index in [-0.39, 0.29) is 5.91 Å². The van der Waals surface area contributed by atoms with Crippen molar-refractivity contribution in [2.24, 2.45) is 5.73 Å². The number of thiazole rings is 1. The molecule has 1 aromatic carbocycles. The van der Waals surface area contributed by atoms with E-state index in [0.717, 1.165) is 29.7 Å². The fourth-order valence-electron chi connectivity index (χ4n) is 2.51. The molecule has 0 spiro atoms. The average Bonchev–Trinajstić information content (AvgIpc) is 2.89. The molecule has 21 heavy (non-hydrogen) atoms. The van der Waals surface area contributed by atoms with Gasteiger partial charge in [0.1, 0.15) is 6.04 Å². The lowest BCUT2D eigenvalue weighted by molar-refractivity contribution is -0.117. The molecule has 1 atom stereocenters. The fourth-order valence-corrected chi connectivity index (χ4v) is 3.57. The molecule has 1 aliphatic rings. The number of amides is 1. The summed E-state index contributed by atoms with van der Waals surface area (Å²) in [5, 5.41) is 3.53. The van der Waals surface area contributed by atoms with E-state index in [1.807, 2.05) is 31.2 Å². The molecule has 0 radical (unpaired) electrons. The molecule has 2 aromatic rings. The minimum Gasteiger partial charge on any atom is -0.316 e. The number of rotatable bonds is 3. The van der Waals surface area contributed by atoms with E-state index < -0.39 is 6.04 Å².